The van der Waals surface area contributed by atoms with Crippen molar-refractivity contribution in [1.29, 1.82) is 0 Å². The van der Waals surface area contributed by atoms with Crippen LogP contribution in [0.25, 0.3) is 16.5 Å². The van der Waals surface area contributed by atoms with Gasteiger partial charge >= 0.3 is 0 Å². The van der Waals surface area contributed by atoms with Crippen molar-refractivity contribution in [3.05, 3.63) is 57.4 Å². The number of carbonyl (C=O) groups excluding carboxylic acids is 1. The third-order valence-corrected chi connectivity index (χ3v) is 4.75. The van der Waals surface area contributed by atoms with Gasteiger partial charge in [0.2, 0.25) is 0 Å². The Morgan fingerprint density at radius 3 is 2.87 bits per heavy atom. The Morgan fingerprint density at radius 2 is 2.09 bits per heavy atom. The van der Waals surface area contributed by atoms with E-state index in [1.54, 1.807) is 17.7 Å². The van der Waals surface area contributed by atoms with Gasteiger partial charge in [-0.15, -0.1) is 0 Å². The first-order valence-corrected chi connectivity index (χ1v) is 7.99. The molecular formula is C19H18N2O2. The van der Waals surface area contributed by atoms with E-state index < -0.39 is 0 Å². The Bertz CT molecular complexity index is 977. The van der Waals surface area contributed by atoms with Crippen molar-refractivity contribution in [1.82, 2.24) is 4.57 Å². The Morgan fingerprint density at radius 1 is 1.26 bits per heavy atom. The zero-order chi connectivity index (χ0) is 16.1. The minimum absolute atomic E-state index is 0.0367. The molecule has 0 aliphatic heterocycles. The lowest BCUT2D eigenvalue weighted by Crippen LogP contribution is -2.23. The van der Waals surface area contributed by atoms with Gasteiger partial charge in [-0.2, -0.15) is 0 Å². The van der Waals surface area contributed by atoms with E-state index in [0.29, 0.717) is 5.56 Å². The van der Waals surface area contributed by atoms with Crippen molar-refractivity contribution >= 4 is 27.9 Å². The number of carbonyl (C=O) groups is 1. The molecule has 0 fully saturated rings. The number of ketones is 1. The van der Waals surface area contributed by atoms with Gasteiger partial charge in [-0.25, -0.2) is 0 Å². The Balaban J connectivity index is 2.20. The first kappa shape index (κ1) is 14.0. The number of fused-ring (bicyclic) bond motifs is 1. The molecule has 0 amide bonds. The van der Waals surface area contributed by atoms with Gasteiger partial charge in [-0.1, -0.05) is 12.2 Å². The number of anilines is 1. The summed E-state index contributed by atoms with van der Waals surface area (Å²) in [7, 11) is 1.76. The molecular weight excluding hydrogens is 288 g/mol. The monoisotopic (exact) mass is 306 g/mol. The van der Waals surface area contributed by atoms with Crippen molar-refractivity contribution in [2.75, 3.05) is 11.9 Å². The van der Waals surface area contributed by atoms with E-state index in [2.05, 4.69) is 5.32 Å². The molecule has 2 aliphatic carbocycles. The molecule has 0 bridgehead atoms. The van der Waals surface area contributed by atoms with Crippen LogP contribution in [0.1, 0.15) is 35.7 Å². The fraction of sp³-hybridized carbons (Fsp3) is 0.263. The second kappa shape index (κ2) is 4.95. The lowest BCUT2D eigenvalue weighted by Gasteiger charge is -2.26. The molecule has 1 aromatic carbocycles. The quantitative estimate of drug-likeness (QED) is 0.926. The average Bonchev–Trinajstić information content (AvgIpc) is 2.57. The zero-order valence-electron chi connectivity index (χ0n) is 13.3. The van der Waals surface area contributed by atoms with Crippen LogP contribution in [0.15, 0.2) is 40.7 Å². The van der Waals surface area contributed by atoms with Crippen LogP contribution in [0, 0.1) is 0 Å². The van der Waals surface area contributed by atoms with Crippen LogP contribution in [-0.4, -0.2) is 16.9 Å². The first-order valence-electron chi connectivity index (χ1n) is 7.99. The van der Waals surface area contributed by atoms with Gasteiger partial charge in [0.05, 0.1) is 11.1 Å². The predicted octanol–water partition coefficient (Wildman–Crippen LogP) is 3.27. The minimum atomic E-state index is -0.0367. The molecule has 0 spiro atoms. The van der Waals surface area contributed by atoms with E-state index in [0.717, 1.165) is 52.7 Å². The standard InChI is InChI=1S/C19H18N2O2/c1-3-20-14-8-9-15-17-13(10-16(22)21(15)2)11-6-4-5-7-12(11)19(23)18(14)17/h5,7-10,20H,3-4,6H2,1-2H3. The number of aromatic nitrogens is 1. The number of nitrogens with zero attached hydrogens (tertiary/aromatic N) is 1. The van der Waals surface area contributed by atoms with E-state index in [1.165, 1.54) is 0 Å². The van der Waals surface area contributed by atoms with Crippen molar-refractivity contribution in [3.63, 3.8) is 0 Å². The molecule has 116 valence electrons. The molecule has 4 nitrogen and oxygen atoms in total. The predicted molar refractivity (Wildman–Crippen MR) is 93.0 cm³/mol. The van der Waals surface area contributed by atoms with Crippen molar-refractivity contribution in [3.8, 4) is 0 Å². The molecule has 4 heteroatoms. The van der Waals surface area contributed by atoms with E-state index in [-0.39, 0.29) is 11.3 Å². The molecule has 23 heavy (non-hydrogen) atoms. The number of nitrogens with one attached hydrogen (secondary N) is 1. The SMILES string of the molecule is CCNc1ccc2c3c(cc(=O)n2C)C2=C(C=CCC2)C(=O)c13. The molecule has 2 aliphatic rings. The molecule has 0 saturated carbocycles. The first-order chi connectivity index (χ1) is 11.1. The minimum Gasteiger partial charge on any atom is -0.385 e. The lowest BCUT2D eigenvalue weighted by molar-refractivity contribution is 0.103. The van der Waals surface area contributed by atoms with Crippen molar-refractivity contribution in [2.45, 2.75) is 19.8 Å². The van der Waals surface area contributed by atoms with Gasteiger partial charge < -0.3 is 9.88 Å². The summed E-state index contributed by atoms with van der Waals surface area (Å²) in [5.74, 6) is 0.0589. The summed E-state index contributed by atoms with van der Waals surface area (Å²) in [6, 6.07) is 5.52. The van der Waals surface area contributed by atoms with Crippen LogP contribution < -0.4 is 10.9 Å². The summed E-state index contributed by atoms with van der Waals surface area (Å²) < 4.78 is 1.62. The lowest BCUT2D eigenvalue weighted by atomic mass is 9.79. The van der Waals surface area contributed by atoms with Gasteiger partial charge in [0.25, 0.3) is 5.56 Å². The van der Waals surface area contributed by atoms with Crippen LogP contribution in [0.3, 0.4) is 0 Å². The van der Waals surface area contributed by atoms with Crippen LogP contribution in [0.2, 0.25) is 0 Å². The van der Waals surface area contributed by atoms with E-state index in [4.69, 9.17) is 0 Å². The normalized spacial score (nSPS) is 16.0. The van der Waals surface area contributed by atoms with Crippen molar-refractivity contribution in [2.24, 2.45) is 7.05 Å². The molecule has 2 aromatic rings. The zero-order valence-corrected chi connectivity index (χ0v) is 13.3. The average molecular weight is 306 g/mol. The highest BCUT2D eigenvalue weighted by molar-refractivity contribution is 6.28. The highest BCUT2D eigenvalue weighted by atomic mass is 16.1. The fourth-order valence-electron chi connectivity index (χ4n) is 3.66. The summed E-state index contributed by atoms with van der Waals surface area (Å²) in [5.41, 5.74) is 5.00. The topological polar surface area (TPSA) is 51.1 Å². The van der Waals surface area contributed by atoms with Gasteiger partial charge in [0.15, 0.2) is 5.78 Å². The maximum absolute atomic E-state index is 13.1. The van der Waals surface area contributed by atoms with Gasteiger partial charge in [-0.05, 0) is 43.0 Å². The number of pyridine rings is 1. The summed E-state index contributed by atoms with van der Waals surface area (Å²) in [6.45, 7) is 2.76. The Kier molecular flexibility index (Phi) is 3.01. The molecule has 1 aromatic heterocycles. The highest BCUT2D eigenvalue weighted by Gasteiger charge is 2.30. The van der Waals surface area contributed by atoms with E-state index >= 15 is 0 Å². The maximum atomic E-state index is 13.1. The number of aryl methyl sites for hydroxylation is 1. The number of hydrogen-bond donors (Lipinski definition) is 1. The Hall–Kier alpha value is -2.62. The van der Waals surface area contributed by atoms with E-state index in [1.807, 2.05) is 31.2 Å². The molecule has 0 saturated heterocycles. The largest absolute Gasteiger partial charge is 0.385 e. The number of Topliss-reactive ketones (excluding diaryl/α,β-unsaturated/α-hetero) is 1. The number of rotatable bonds is 2. The summed E-state index contributed by atoms with van der Waals surface area (Å²) in [5, 5.41) is 4.19. The van der Waals surface area contributed by atoms with Gasteiger partial charge in [-0.3, -0.25) is 9.59 Å². The van der Waals surface area contributed by atoms with Crippen molar-refractivity contribution < 1.29 is 4.79 Å². The number of benzene rings is 1. The third-order valence-electron chi connectivity index (χ3n) is 4.75. The second-order valence-corrected chi connectivity index (χ2v) is 6.03. The highest BCUT2D eigenvalue weighted by Crippen LogP contribution is 2.42. The Labute approximate surface area is 134 Å². The number of allylic oxidation sites excluding steroid dienone is 4. The van der Waals surface area contributed by atoms with Crippen LogP contribution in [0.4, 0.5) is 5.69 Å². The summed E-state index contributed by atoms with van der Waals surface area (Å²) in [4.78, 5) is 25.4. The molecule has 0 atom stereocenters. The van der Waals surface area contributed by atoms with Gasteiger partial charge in [0.1, 0.15) is 0 Å². The van der Waals surface area contributed by atoms with Crippen LogP contribution in [0.5, 0.6) is 0 Å². The summed E-state index contributed by atoms with van der Waals surface area (Å²) in [6.07, 6.45) is 5.67. The summed E-state index contributed by atoms with van der Waals surface area (Å²) >= 11 is 0. The fourth-order valence-corrected chi connectivity index (χ4v) is 3.66. The van der Waals surface area contributed by atoms with Gasteiger partial charge in [0, 0.05) is 36.3 Å². The molecule has 0 unspecified atom stereocenters. The number of hydrogen-bond acceptors (Lipinski definition) is 3. The smallest absolute Gasteiger partial charge is 0.251 e. The van der Waals surface area contributed by atoms with E-state index in [9.17, 15) is 9.59 Å². The maximum Gasteiger partial charge on any atom is 0.251 e. The van der Waals surface area contributed by atoms with Crippen LogP contribution in [-0.2, 0) is 7.05 Å². The molecule has 0 radical (unpaired) electrons. The molecule has 1 N–H and O–H groups in total. The van der Waals surface area contributed by atoms with Crippen LogP contribution >= 0.6 is 0 Å². The molecule has 1 heterocycles. The second-order valence-electron chi connectivity index (χ2n) is 6.03. The third kappa shape index (κ3) is 1.84. The molecule has 4 rings (SSSR count).